The maximum Gasteiger partial charge on any atom is 0.421 e. The zero-order valence-electron chi connectivity index (χ0n) is 13.5. The third-order valence-corrected chi connectivity index (χ3v) is 4.37. The molecule has 0 spiro atoms. The number of anilines is 1. The first kappa shape index (κ1) is 16.4. The van der Waals surface area contributed by atoms with Crippen LogP contribution >= 0.6 is 0 Å². The van der Waals surface area contributed by atoms with Crippen molar-refractivity contribution in [1.82, 2.24) is 4.57 Å². The third kappa shape index (κ3) is 3.89. The molecular weight excluding hydrogens is 306 g/mol. The number of nitrogens with one attached hydrogen (secondary N) is 1. The van der Waals surface area contributed by atoms with E-state index in [1.165, 1.54) is 6.07 Å². The predicted molar refractivity (Wildman–Crippen MR) is 92.0 cm³/mol. The second-order valence-electron chi connectivity index (χ2n) is 6.20. The summed E-state index contributed by atoms with van der Waals surface area (Å²) in [6.45, 7) is 0.160. The Kier molecular flexibility index (Phi) is 5.05. The Morgan fingerprint density at radius 1 is 1.29 bits per heavy atom. The zero-order chi connectivity index (χ0) is 16.9. The lowest BCUT2D eigenvalue weighted by atomic mass is 9.91. The summed E-state index contributed by atoms with van der Waals surface area (Å²) in [6.07, 6.45) is 5.20. The zero-order valence-corrected chi connectivity index (χ0v) is 13.5. The van der Waals surface area contributed by atoms with Crippen molar-refractivity contribution in [3.8, 4) is 5.88 Å². The van der Waals surface area contributed by atoms with E-state index in [9.17, 15) is 9.90 Å². The summed E-state index contributed by atoms with van der Waals surface area (Å²) in [5, 5.41) is 13.3. The van der Waals surface area contributed by atoms with E-state index in [4.69, 9.17) is 10.5 Å². The maximum atomic E-state index is 12.1. The number of aromatic nitrogens is 1. The standard InChI is InChI=1S/C18H23N3O3/c19-15-8-4-5-9-16(15)20-14-10-17(22)21(11-14)18(23)24-12-13-6-2-1-3-7-13/h1-3,6-7,10-11,15-16,20,22H,4-5,8-9,12,19H2. The van der Waals surface area contributed by atoms with E-state index >= 15 is 0 Å². The van der Waals surface area contributed by atoms with Gasteiger partial charge in [0.2, 0.25) is 5.88 Å². The smallest absolute Gasteiger partial charge is 0.421 e. The summed E-state index contributed by atoms with van der Waals surface area (Å²) >= 11 is 0. The van der Waals surface area contributed by atoms with Crippen LogP contribution in [0.3, 0.4) is 0 Å². The van der Waals surface area contributed by atoms with Crippen molar-refractivity contribution < 1.29 is 14.6 Å². The second-order valence-corrected chi connectivity index (χ2v) is 6.20. The SMILES string of the molecule is NC1CCCCC1Nc1cc(O)n(C(=O)OCc2ccccc2)c1. The summed E-state index contributed by atoms with van der Waals surface area (Å²) in [4.78, 5) is 12.1. The molecule has 24 heavy (non-hydrogen) atoms. The van der Waals surface area contributed by atoms with E-state index in [-0.39, 0.29) is 24.6 Å². The lowest BCUT2D eigenvalue weighted by Gasteiger charge is -2.29. The van der Waals surface area contributed by atoms with Crippen molar-refractivity contribution >= 4 is 11.8 Å². The quantitative estimate of drug-likeness (QED) is 0.802. The molecule has 3 rings (SSSR count). The highest BCUT2D eigenvalue weighted by atomic mass is 16.6. The summed E-state index contributed by atoms with van der Waals surface area (Å²) in [5.41, 5.74) is 7.69. The largest absolute Gasteiger partial charge is 0.494 e. The van der Waals surface area contributed by atoms with Gasteiger partial charge in [0.05, 0.1) is 5.69 Å². The number of rotatable bonds is 4. The lowest BCUT2D eigenvalue weighted by Crippen LogP contribution is -2.42. The minimum Gasteiger partial charge on any atom is -0.494 e. The van der Waals surface area contributed by atoms with E-state index in [0.29, 0.717) is 5.69 Å². The molecule has 1 heterocycles. The number of carbonyl (C=O) groups excluding carboxylic acids is 1. The van der Waals surface area contributed by atoms with Crippen LogP contribution in [0.5, 0.6) is 5.88 Å². The first-order chi connectivity index (χ1) is 11.6. The van der Waals surface area contributed by atoms with Crippen molar-refractivity contribution in [2.75, 3.05) is 5.32 Å². The van der Waals surface area contributed by atoms with Gasteiger partial charge in [0.1, 0.15) is 6.61 Å². The lowest BCUT2D eigenvalue weighted by molar-refractivity contribution is 0.139. The fourth-order valence-electron chi connectivity index (χ4n) is 3.02. The maximum absolute atomic E-state index is 12.1. The molecule has 1 aliphatic rings. The van der Waals surface area contributed by atoms with E-state index in [1.807, 2.05) is 30.3 Å². The molecule has 0 aliphatic heterocycles. The number of ether oxygens (including phenoxy) is 1. The van der Waals surface area contributed by atoms with Gasteiger partial charge in [-0.25, -0.2) is 9.36 Å². The van der Waals surface area contributed by atoms with Gasteiger partial charge in [0.15, 0.2) is 0 Å². The molecule has 0 radical (unpaired) electrons. The van der Waals surface area contributed by atoms with Crippen molar-refractivity contribution in [2.24, 2.45) is 5.73 Å². The van der Waals surface area contributed by atoms with Gasteiger partial charge in [0, 0.05) is 24.3 Å². The van der Waals surface area contributed by atoms with Crippen molar-refractivity contribution in [3.63, 3.8) is 0 Å². The Morgan fingerprint density at radius 2 is 2.04 bits per heavy atom. The molecule has 1 aromatic carbocycles. The molecule has 1 aliphatic carbocycles. The summed E-state index contributed by atoms with van der Waals surface area (Å²) in [6, 6.07) is 11.2. The number of aromatic hydroxyl groups is 1. The Hall–Kier alpha value is -2.47. The molecule has 4 N–H and O–H groups in total. The van der Waals surface area contributed by atoms with Crippen molar-refractivity contribution in [2.45, 2.75) is 44.4 Å². The summed E-state index contributed by atoms with van der Waals surface area (Å²) < 4.78 is 6.33. The van der Waals surface area contributed by atoms with Crippen LogP contribution in [0.2, 0.25) is 0 Å². The van der Waals surface area contributed by atoms with Crippen LogP contribution in [0.25, 0.3) is 0 Å². The number of nitrogens with two attached hydrogens (primary N) is 1. The van der Waals surface area contributed by atoms with E-state index in [1.54, 1.807) is 6.20 Å². The number of carbonyl (C=O) groups is 1. The number of benzene rings is 1. The topological polar surface area (TPSA) is 89.5 Å². The highest BCUT2D eigenvalue weighted by Crippen LogP contribution is 2.25. The minimum atomic E-state index is -0.614. The van der Waals surface area contributed by atoms with Gasteiger partial charge in [-0.1, -0.05) is 43.2 Å². The van der Waals surface area contributed by atoms with Crippen LogP contribution in [0.1, 0.15) is 31.2 Å². The van der Waals surface area contributed by atoms with Gasteiger partial charge in [-0.15, -0.1) is 0 Å². The molecule has 6 heteroatoms. The molecule has 128 valence electrons. The Labute approximate surface area is 141 Å². The van der Waals surface area contributed by atoms with E-state index in [0.717, 1.165) is 35.8 Å². The van der Waals surface area contributed by atoms with Crippen LogP contribution in [0, 0.1) is 0 Å². The van der Waals surface area contributed by atoms with Crippen LogP contribution in [0.15, 0.2) is 42.6 Å². The molecule has 2 atom stereocenters. The summed E-state index contributed by atoms with van der Waals surface area (Å²) in [7, 11) is 0. The fraction of sp³-hybridized carbons (Fsp3) is 0.389. The normalized spacial score (nSPS) is 20.5. The highest BCUT2D eigenvalue weighted by molar-refractivity contribution is 5.74. The Bertz CT molecular complexity index is 684. The minimum absolute atomic E-state index is 0.0919. The van der Waals surface area contributed by atoms with Gasteiger partial charge in [-0.05, 0) is 18.4 Å². The van der Waals surface area contributed by atoms with Crippen molar-refractivity contribution in [1.29, 1.82) is 0 Å². The first-order valence-electron chi connectivity index (χ1n) is 8.28. The third-order valence-electron chi connectivity index (χ3n) is 4.37. The second kappa shape index (κ2) is 7.40. The molecule has 0 amide bonds. The Balaban J connectivity index is 1.61. The molecular formula is C18H23N3O3. The van der Waals surface area contributed by atoms with Gasteiger partial charge in [-0.2, -0.15) is 0 Å². The first-order valence-corrected chi connectivity index (χ1v) is 8.28. The van der Waals surface area contributed by atoms with Gasteiger partial charge >= 0.3 is 6.09 Å². The highest BCUT2D eigenvalue weighted by Gasteiger charge is 2.23. The average Bonchev–Trinajstić information content (AvgIpc) is 2.96. The number of nitrogens with zero attached hydrogens (tertiary/aromatic N) is 1. The van der Waals surface area contributed by atoms with Crippen molar-refractivity contribution in [3.05, 3.63) is 48.2 Å². The molecule has 1 aromatic heterocycles. The molecule has 0 bridgehead atoms. The van der Waals surface area contributed by atoms with Gasteiger partial charge in [0.25, 0.3) is 0 Å². The molecule has 0 saturated heterocycles. The predicted octanol–water partition coefficient (Wildman–Crippen LogP) is 3.06. The van der Waals surface area contributed by atoms with E-state index in [2.05, 4.69) is 5.32 Å². The molecule has 2 aromatic rings. The Morgan fingerprint density at radius 3 is 2.79 bits per heavy atom. The molecule has 1 saturated carbocycles. The van der Waals surface area contributed by atoms with Gasteiger partial charge in [-0.3, -0.25) is 0 Å². The van der Waals surface area contributed by atoms with Crippen LogP contribution < -0.4 is 11.1 Å². The summed E-state index contributed by atoms with van der Waals surface area (Å²) in [5.74, 6) is -0.153. The molecule has 1 fully saturated rings. The van der Waals surface area contributed by atoms with Gasteiger partial charge < -0.3 is 20.9 Å². The molecule has 6 nitrogen and oxygen atoms in total. The monoisotopic (exact) mass is 329 g/mol. The van der Waals surface area contributed by atoms with Crippen LogP contribution in [0.4, 0.5) is 10.5 Å². The molecule has 2 unspecified atom stereocenters. The van der Waals surface area contributed by atoms with Crippen LogP contribution in [-0.2, 0) is 11.3 Å². The fourth-order valence-corrected chi connectivity index (χ4v) is 3.02. The van der Waals surface area contributed by atoms with E-state index < -0.39 is 6.09 Å². The number of hydrogen-bond acceptors (Lipinski definition) is 5. The average molecular weight is 329 g/mol. The number of hydrogen-bond donors (Lipinski definition) is 3. The van der Waals surface area contributed by atoms with Crippen LogP contribution in [-0.4, -0.2) is 27.9 Å².